The summed E-state index contributed by atoms with van der Waals surface area (Å²) in [6.45, 7) is 4.97. The van der Waals surface area contributed by atoms with Crippen molar-refractivity contribution < 1.29 is 22.7 Å². The number of carbonyl (C=O) groups is 1. The zero-order chi connectivity index (χ0) is 20.6. The second-order valence-corrected chi connectivity index (χ2v) is 8.00. The molecule has 2 fully saturated rings. The van der Waals surface area contributed by atoms with E-state index in [0.29, 0.717) is 26.0 Å². The van der Waals surface area contributed by atoms with Gasteiger partial charge in [-0.3, -0.25) is 4.79 Å². The highest BCUT2D eigenvalue weighted by Gasteiger charge is 2.55. The molecule has 2 unspecified atom stereocenters. The fourth-order valence-corrected chi connectivity index (χ4v) is 4.38. The molecule has 2 atom stereocenters. The van der Waals surface area contributed by atoms with Crippen molar-refractivity contribution >= 4 is 11.7 Å². The fourth-order valence-electron chi connectivity index (χ4n) is 4.38. The van der Waals surface area contributed by atoms with Crippen LogP contribution in [0.5, 0.6) is 0 Å². The van der Waals surface area contributed by atoms with Crippen molar-refractivity contribution in [2.24, 2.45) is 11.3 Å². The molecule has 0 aromatic heterocycles. The highest BCUT2D eigenvalue weighted by atomic mass is 19.4. The third-order valence-electron chi connectivity index (χ3n) is 5.96. The van der Waals surface area contributed by atoms with Crippen molar-refractivity contribution in [3.8, 4) is 0 Å². The first-order valence-corrected chi connectivity index (χ1v) is 9.59. The number of halogens is 3. The molecule has 152 valence electrons. The predicted octanol–water partition coefficient (Wildman–Crippen LogP) is 5.37. The molecule has 2 aliphatic rings. The Balaban J connectivity index is 1.38. The molecule has 0 radical (unpaired) electrons. The van der Waals surface area contributed by atoms with Gasteiger partial charge in [0.1, 0.15) is 0 Å². The van der Waals surface area contributed by atoms with Gasteiger partial charge in [0.25, 0.3) is 0 Å². The third-order valence-corrected chi connectivity index (χ3v) is 5.96. The molecule has 1 N–H and O–H groups in total. The summed E-state index contributed by atoms with van der Waals surface area (Å²) in [5.74, 6) is 0.0885. The minimum absolute atomic E-state index is 0.120. The van der Waals surface area contributed by atoms with E-state index < -0.39 is 17.2 Å². The van der Waals surface area contributed by atoms with E-state index in [1.54, 1.807) is 0 Å². The van der Waals surface area contributed by atoms with Crippen molar-refractivity contribution in [3.05, 3.63) is 77.4 Å². The van der Waals surface area contributed by atoms with Crippen molar-refractivity contribution in [3.63, 3.8) is 0 Å². The highest BCUT2D eigenvalue weighted by Crippen LogP contribution is 2.52. The molecular formula is C23H22F3NO2. The maximum Gasteiger partial charge on any atom is 0.416 e. The zero-order valence-electron chi connectivity index (χ0n) is 15.9. The number of cyclic esters (lactones) is 1. The van der Waals surface area contributed by atoms with Crippen molar-refractivity contribution in [1.29, 1.82) is 0 Å². The van der Waals surface area contributed by atoms with Crippen LogP contribution >= 0.6 is 0 Å². The topological polar surface area (TPSA) is 38.3 Å². The Morgan fingerprint density at radius 1 is 1.07 bits per heavy atom. The van der Waals surface area contributed by atoms with Crippen molar-refractivity contribution in [2.45, 2.75) is 32.0 Å². The SMILES string of the molecule is C=C1CC2COC(=O)C2(Cc2ccc(NCc3ccc(C(F)(F)F)cc3)cc2)C1. The first kappa shape index (κ1) is 19.6. The van der Waals surface area contributed by atoms with Gasteiger partial charge in [-0.1, -0.05) is 36.4 Å². The first-order valence-electron chi connectivity index (χ1n) is 9.59. The van der Waals surface area contributed by atoms with Gasteiger partial charge >= 0.3 is 12.1 Å². The van der Waals surface area contributed by atoms with Crippen LogP contribution in [0, 0.1) is 11.3 Å². The number of benzene rings is 2. The summed E-state index contributed by atoms with van der Waals surface area (Å²) < 4.78 is 43.2. The van der Waals surface area contributed by atoms with Crippen molar-refractivity contribution in [1.82, 2.24) is 0 Å². The molecule has 0 spiro atoms. The zero-order valence-corrected chi connectivity index (χ0v) is 15.9. The largest absolute Gasteiger partial charge is 0.465 e. The number of anilines is 1. The van der Waals surface area contributed by atoms with Crippen LogP contribution in [-0.4, -0.2) is 12.6 Å². The Hall–Kier alpha value is -2.76. The summed E-state index contributed by atoms with van der Waals surface area (Å²) in [5, 5.41) is 3.21. The van der Waals surface area contributed by atoms with E-state index >= 15 is 0 Å². The van der Waals surface area contributed by atoms with Gasteiger partial charge in [0.2, 0.25) is 0 Å². The molecule has 2 aromatic rings. The lowest BCUT2D eigenvalue weighted by molar-refractivity contribution is -0.146. The van der Waals surface area contributed by atoms with Crippen LogP contribution in [0.3, 0.4) is 0 Å². The van der Waals surface area contributed by atoms with Gasteiger partial charge in [-0.25, -0.2) is 0 Å². The van der Waals surface area contributed by atoms with E-state index in [-0.39, 0.29) is 11.9 Å². The highest BCUT2D eigenvalue weighted by molar-refractivity contribution is 5.81. The van der Waals surface area contributed by atoms with Gasteiger partial charge < -0.3 is 10.1 Å². The molecule has 1 aliphatic carbocycles. The van der Waals surface area contributed by atoms with Gasteiger partial charge in [-0.15, -0.1) is 0 Å². The van der Waals surface area contributed by atoms with Gasteiger partial charge in [0.15, 0.2) is 0 Å². The Morgan fingerprint density at radius 2 is 1.72 bits per heavy atom. The standard InChI is InChI=1S/C23H22F3NO2/c1-15-10-19-14-29-21(28)22(19,11-15)12-16-4-8-20(9-5-16)27-13-17-2-6-18(7-3-17)23(24,25)26/h2-9,19,27H,1,10-14H2. The molecule has 29 heavy (non-hydrogen) atoms. The van der Waals surface area contributed by atoms with E-state index in [1.807, 2.05) is 24.3 Å². The third kappa shape index (κ3) is 3.88. The minimum atomic E-state index is -4.32. The van der Waals surface area contributed by atoms with Crippen LogP contribution in [0.4, 0.5) is 18.9 Å². The lowest BCUT2D eigenvalue weighted by Gasteiger charge is -2.24. The molecule has 4 rings (SSSR count). The number of fused-ring (bicyclic) bond motifs is 1. The molecule has 2 aromatic carbocycles. The molecule has 1 heterocycles. The number of alkyl halides is 3. The van der Waals surface area contributed by atoms with Crippen molar-refractivity contribution in [2.75, 3.05) is 11.9 Å². The monoisotopic (exact) mass is 401 g/mol. The number of ether oxygens (including phenoxy) is 1. The van der Waals surface area contributed by atoms with Crippen LogP contribution in [0.25, 0.3) is 0 Å². The van der Waals surface area contributed by atoms with Crippen LogP contribution in [0.15, 0.2) is 60.7 Å². The summed E-state index contributed by atoms with van der Waals surface area (Å²) in [4.78, 5) is 12.4. The first-order chi connectivity index (χ1) is 13.8. The molecule has 0 bridgehead atoms. The Morgan fingerprint density at radius 3 is 2.38 bits per heavy atom. The molecule has 0 amide bonds. The normalized spacial score (nSPS) is 23.8. The van der Waals surface area contributed by atoms with Gasteiger partial charge in [0, 0.05) is 18.2 Å². The van der Waals surface area contributed by atoms with E-state index in [9.17, 15) is 18.0 Å². The molecule has 1 saturated carbocycles. The van der Waals surface area contributed by atoms with E-state index in [1.165, 1.54) is 12.1 Å². The van der Waals surface area contributed by atoms with Gasteiger partial charge in [-0.05, 0) is 54.7 Å². The summed E-state index contributed by atoms with van der Waals surface area (Å²) in [5.41, 5.74) is 2.68. The fraction of sp³-hybridized carbons (Fsp3) is 0.348. The molecule has 6 heteroatoms. The number of hydrogen-bond acceptors (Lipinski definition) is 3. The van der Waals surface area contributed by atoms with Gasteiger partial charge in [-0.2, -0.15) is 13.2 Å². The Labute approximate surface area is 167 Å². The van der Waals surface area contributed by atoms with Crippen LogP contribution in [0.2, 0.25) is 0 Å². The summed E-state index contributed by atoms with van der Waals surface area (Å²) in [7, 11) is 0. The number of allylic oxidation sites excluding steroid dienone is 1. The van der Waals surface area contributed by atoms with Crippen LogP contribution in [0.1, 0.15) is 29.5 Å². The lowest BCUT2D eigenvalue weighted by atomic mass is 9.75. The van der Waals surface area contributed by atoms with Crippen LogP contribution in [-0.2, 0) is 28.7 Å². The summed E-state index contributed by atoms with van der Waals surface area (Å²) in [6.07, 6.45) is -2.16. The minimum Gasteiger partial charge on any atom is -0.465 e. The predicted molar refractivity (Wildman–Crippen MR) is 104 cm³/mol. The Kier molecular flexibility index (Phi) is 4.89. The van der Waals surface area contributed by atoms with E-state index in [2.05, 4.69) is 11.9 Å². The van der Waals surface area contributed by atoms with E-state index in [4.69, 9.17) is 4.74 Å². The molecule has 1 saturated heterocycles. The van der Waals surface area contributed by atoms with Gasteiger partial charge in [0.05, 0.1) is 17.6 Å². The maximum atomic E-state index is 12.6. The number of hydrogen-bond donors (Lipinski definition) is 1. The lowest BCUT2D eigenvalue weighted by Crippen LogP contribution is -2.31. The number of carbonyl (C=O) groups excluding carboxylic acids is 1. The summed E-state index contributed by atoms with van der Waals surface area (Å²) in [6, 6.07) is 12.9. The number of esters is 1. The van der Waals surface area contributed by atoms with E-state index in [0.717, 1.165) is 40.9 Å². The molecular weight excluding hydrogens is 379 g/mol. The maximum absolute atomic E-state index is 12.6. The second kappa shape index (κ2) is 7.25. The van der Waals surface area contributed by atoms with Crippen LogP contribution < -0.4 is 5.32 Å². The smallest absolute Gasteiger partial charge is 0.416 e. The Bertz CT molecular complexity index is 919. The number of rotatable bonds is 5. The summed E-state index contributed by atoms with van der Waals surface area (Å²) >= 11 is 0. The quantitative estimate of drug-likeness (QED) is 0.541. The molecule has 3 nitrogen and oxygen atoms in total. The average Bonchev–Trinajstić information content (AvgIpc) is 3.15. The average molecular weight is 401 g/mol. The number of nitrogens with one attached hydrogen (secondary N) is 1. The second-order valence-electron chi connectivity index (χ2n) is 8.00. The molecule has 1 aliphatic heterocycles.